The van der Waals surface area contributed by atoms with Gasteiger partial charge in [0, 0.05) is 18.9 Å². The summed E-state index contributed by atoms with van der Waals surface area (Å²) in [5.74, 6) is -0.0228. The first-order chi connectivity index (χ1) is 9.16. The SMILES string of the molecule is O=c1c(=O)n(-c2ccccc2F)ccn1CC1CC1. The second kappa shape index (κ2) is 4.50. The van der Waals surface area contributed by atoms with Gasteiger partial charge in [0.1, 0.15) is 5.82 Å². The van der Waals surface area contributed by atoms with Crippen molar-refractivity contribution in [2.24, 2.45) is 5.92 Å². The molecule has 0 aliphatic heterocycles. The van der Waals surface area contributed by atoms with E-state index in [0.717, 1.165) is 17.4 Å². The zero-order chi connectivity index (χ0) is 13.4. The highest BCUT2D eigenvalue weighted by atomic mass is 19.1. The van der Waals surface area contributed by atoms with Crippen LogP contribution in [0.4, 0.5) is 4.39 Å². The van der Waals surface area contributed by atoms with E-state index < -0.39 is 16.9 Å². The lowest BCUT2D eigenvalue weighted by Gasteiger charge is -2.09. The molecule has 0 amide bonds. The standard InChI is InChI=1S/C14H13FN2O2/c15-11-3-1-2-4-12(11)17-8-7-16(9-10-5-6-10)13(18)14(17)19/h1-4,7-8,10H,5-6,9H2. The van der Waals surface area contributed by atoms with Crippen LogP contribution in [-0.4, -0.2) is 9.13 Å². The fourth-order valence-electron chi connectivity index (χ4n) is 2.07. The maximum Gasteiger partial charge on any atom is 0.321 e. The van der Waals surface area contributed by atoms with Gasteiger partial charge >= 0.3 is 11.1 Å². The second-order valence-electron chi connectivity index (χ2n) is 4.83. The van der Waals surface area contributed by atoms with Crippen LogP contribution in [0.3, 0.4) is 0 Å². The van der Waals surface area contributed by atoms with Crippen LogP contribution in [0.25, 0.3) is 5.69 Å². The Labute approximate surface area is 108 Å². The van der Waals surface area contributed by atoms with E-state index in [-0.39, 0.29) is 5.69 Å². The molecule has 0 unspecified atom stereocenters. The summed E-state index contributed by atoms with van der Waals surface area (Å²) in [7, 11) is 0. The maximum atomic E-state index is 13.6. The van der Waals surface area contributed by atoms with E-state index in [1.54, 1.807) is 12.3 Å². The quantitative estimate of drug-likeness (QED) is 0.786. The second-order valence-corrected chi connectivity index (χ2v) is 4.83. The van der Waals surface area contributed by atoms with Crippen molar-refractivity contribution >= 4 is 0 Å². The smallest absolute Gasteiger partial charge is 0.309 e. The van der Waals surface area contributed by atoms with Crippen LogP contribution in [-0.2, 0) is 6.54 Å². The van der Waals surface area contributed by atoms with E-state index in [4.69, 9.17) is 0 Å². The molecule has 0 spiro atoms. The van der Waals surface area contributed by atoms with Gasteiger partial charge in [0.2, 0.25) is 0 Å². The van der Waals surface area contributed by atoms with Crippen LogP contribution in [0.2, 0.25) is 0 Å². The Morgan fingerprint density at radius 2 is 1.84 bits per heavy atom. The summed E-state index contributed by atoms with van der Waals surface area (Å²) in [6.07, 6.45) is 5.20. The van der Waals surface area contributed by atoms with E-state index in [0.29, 0.717) is 12.5 Å². The highest BCUT2D eigenvalue weighted by Gasteiger charge is 2.22. The lowest BCUT2D eigenvalue weighted by Crippen LogP contribution is -2.40. The molecule has 1 fully saturated rings. The van der Waals surface area contributed by atoms with Crippen molar-refractivity contribution < 1.29 is 4.39 Å². The van der Waals surface area contributed by atoms with Gasteiger partial charge in [-0.05, 0) is 30.9 Å². The zero-order valence-electron chi connectivity index (χ0n) is 10.3. The minimum absolute atomic E-state index is 0.100. The van der Waals surface area contributed by atoms with E-state index in [2.05, 4.69) is 0 Å². The molecular weight excluding hydrogens is 247 g/mol. The van der Waals surface area contributed by atoms with Gasteiger partial charge in [-0.3, -0.25) is 14.2 Å². The summed E-state index contributed by atoms with van der Waals surface area (Å²) >= 11 is 0. The summed E-state index contributed by atoms with van der Waals surface area (Å²) in [5, 5.41) is 0. The molecule has 1 aliphatic carbocycles. The normalized spacial score (nSPS) is 14.6. The third-order valence-corrected chi connectivity index (χ3v) is 3.32. The third-order valence-electron chi connectivity index (χ3n) is 3.32. The topological polar surface area (TPSA) is 44.0 Å². The number of aromatic nitrogens is 2. The van der Waals surface area contributed by atoms with Crippen LogP contribution in [0.1, 0.15) is 12.8 Å². The largest absolute Gasteiger partial charge is 0.321 e. The number of halogens is 1. The van der Waals surface area contributed by atoms with Gasteiger partial charge < -0.3 is 4.57 Å². The van der Waals surface area contributed by atoms with Gasteiger partial charge in [-0.15, -0.1) is 0 Å². The molecule has 0 radical (unpaired) electrons. The minimum Gasteiger partial charge on any atom is -0.309 e. The fourth-order valence-corrected chi connectivity index (χ4v) is 2.07. The fraction of sp³-hybridized carbons (Fsp3) is 0.286. The zero-order valence-corrected chi connectivity index (χ0v) is 10.3. The molecule has 1 aromatic heterocycles. The molecule has 1 aliphatic rings. The van der Waals surface area contributed by atoms with Crippen LogP contribution < -0.4 is 11.1 Å². The van der Waals surface area contributed by atoms with Gasteiger partial charge in [-0.1, -0.05) is 12.1 Å². The molecule has 3 rings (SSSR count). The van der Waals surface area contributed by atoms with E-state index in [1.165, 1.54) is 29.0 Å². The Bertz CT molecular complexity index is 729. The highest BCUT2D eigenvalue weighted by molar-refractivity contribution is 5.33. The Hall–Kier alpha value is -2.17. The molecule has 0 atom stereocenters. The summed E-state index contributed by atoms with van der Waals surface area (Å²) in [5.41, 5.74) is -1.21. The molecule has 1 heterocycles. The maximum absolute atomic E-state index is 13.6. The van der Waals surface area contributed by atoms with Crippen molar-refractivity contribution in [1.29, 1.82) is 0 Å². The predicted octanol–water partition coefficient (Wildman–Crippen LogP) is 1.55. The van der Waals surface area contributed by atoms with Crippen molar-refractivity contribution in [3.8, 4) is 5.69 Å². The van der Waals surface area contributed by atoms with Gasteiger partial charge in [-0.2, -0.15) is 0 Å². The van der Waals surface area contributed by atoms with Gasteiger partial charge in [0.25, 0.3) is 0 Å². The van der Waals surface area contributed by atoms with E-state index in [1.807, 2.05) is 0 Å². The summed E-state index contributed by atoms with van der Waals surface area (Å²) in [6, 6.07) is 5.90. The molecule has 1 aromatic carbocycles. The van der Waals surface area contributed by atoms with Gasteiger partial charge in [-0.25, -0.2) is 4.39 Å². The van der Waals surface area contributed by atoms with Crippen LogP contribution in [0, 0.1) is 11.7 Å². The summed E-state index contributed by atoms with van der Waals surface area (Å²) < 4.78 is 16.1. The van der Waals surface area contributed by atoms with Crippen molar-refractivity contribution in [2.45, 2.75) is 19.4 Å². The molecule has 19 heavy (non-hydrogen) atoms. The van der Waals surface area contributed by atoms with Crippen molar-refractivity contribution in [2.75, 3.05) is 0 Å². The van der Waals surface area contributed by atoms with E-state index >= 15 is 0 Å². The average molecular weight is 260 g/mol. The van der Waals surface area contributed by atoms with Crippen LogP contribution >= 0.6 is 0 Å². The molecule has 1 saturated carbocycles. The van der Waals surface area contributed by atoms with Gasteiger partial charge in [0.05, 0.1) is 5.69 Å². The monoisotopic (exact) mass is 260 g/mol. The molecule has 2 aromatic rings. The molecule has 0 N–H and O–H groups in total. The molecule has 4 nitrogen and oxygen atoms in total. The summed E-state index contributed by atoms with van der Waals surface area (Å²) in [6.45, 7) is 0.576. The Morgan fingerprint density at radius 3 is 2.53 bits per heavy atom. The number of hydrogen-bond acceptors (Lipinski definition) is 2. The number of nitrogens with zero attached hydrogens (tertiary/aromatic N) is 2. The molecule has 0 saturated heterocycles. The Kier molecular flexibility index (Phi) is 2.81. The minimum atomic E-state index is -0.715. The van der Waals surface area contributed by atoms with Crippen molar-refractivity contribution in [1.82, 2.24) is 9.13 Å². The first-order valence-corrected chi connectivity index (χ1v) is 6.24. The number of rotatable bonds is 3. The van der Waals surface area contributed by atoms with Crippen molar-refractivity contribution in [3.05, 3.63) is 63.2 Å². The number of hydrogen-bond donors (Lipinski definition) is 0. The number of benzene rings is 1. The molecule has 0 bridgehead atoms. The lowest BCUT2D eigenvalue weighted by molar-refractivity contribution is 0.583. The predicted molar refractivity (Wildman–Crippen MR) is 69.0 cm³/mol. The summed E-state index contributed by atoms with van der Waals surface area (Å²) in [4.78, 5) is 24.0. The van der Waals surface area contributed by atoms with Gasteiger partial charge in [0.15, 0.2) is 0 Å². The van der Waals surface area contributed by atoms with Crippen molar-refractivity contribution in [3.63, 3.8) is 0 Å². The lowest BCUT2D eigenvalue weighted by atomic mass is 10.3. The molecule has 5 heteroatoms. The average Bonchev–Trinajstić information content (AvgIpc) is 3.21. The number of para-hydroxylation sites is 1. The first kappa shape index (κ1) is 11.9. The van der Waals surface area contributed by atoms with E-state index in [9.17, 15) is 14.0 Å². The first-order valence-electron chi connectivity index (χ1n) is 6.24. The third kappa shape index (κ3) is 2.23. The van der Waals surface area contributed by atoms with Crippen LogP contribution in [0.15, 0.2) is 46.2 Å². The molecule has 98 valence electrons. The highest BCUT2D eigenvalue weighted by Crippen LogP contribution is 2.29. The molecular formula is C14H13FN2O2. The Morgan fingerprint density at radius 1 is 1.11 bits per heavy atom. The van der Waals surface area contributed by atoms with Crippen LogP contribution in [0.5, 0.6) is 0 Å². The Balaban J connectivity index is 2.09.